The molecule has 0 aromatic heterocycles. The van der Waals surface area contributed by atoms with Crippen LogP contribution in [0.5, 0.6) is 5.75 Å². The van der Waals surface area contributed by atoms with Gasteiger partial charge in [-0.05, 0) is 67.0 Å². The molecule has 1 saturated carbocycles. The van der Waals surface area contributed by atoms with Gasteiger partial charge in [-0.2, -0.15) is 4.31 Å². The summed E-state index contributed by atoms with van der Waals surface area (Å²) in [5.74, 6) is 1.18. The van der Waals surface area contributed by atoms with E-state index in [1.807, 2.05) is 36.4 Å². The maximum Gasteiger partial charge on any atom is 0.286 e. The third-order valence-corrected chi connectivity index (χ3v) is 9.46. The topological polar surface area (TPSA) is 114 Å². The van der Waals surface area contributed by atoms with Gasteiger partial charge in [0.15, 0.2) is 5.76 Å². The van der Waals surface area contributed by atoms with E-state index in [9.17, 15) is 18.3 Å². The normalized spacial score (nSPS) is 19.7. The van der Waals surface area contributed by atoms with E-state index in [1.54, 1.807) is 12.1 Å². The molecule has 1 aliphatic heterocycles. The number of sulfonamides is 1. The Morgan fingerprint density at radius 3 is 2.48 bits per heavy atom. The van der Waals surface area contributed by atoms with Gasteiger partial charge in [0.2, 0.25) is 16.3 Å². The summed E-state index contributed by atoms with van der Waals surface area (Å²) in [6.45, 7) is 0.187. The largest absolute Gasteiger partial charge is 0.497 e. The Kier molecular flexibility index (Phi) is 11.0. The number of nitrogens with one attached hydrogen (secondary N) is 1. The molecule has 1 fully saturated rings. The molecule has 0 saturated heterocycles. The van der Waals surface area contributed by atoms with E-state index in [2.05, 4.69) is 5.32 Å². The monoisotopic (exact) mass is 572 g/mol. The molecule has 10 heteroatoms. The second kappa shape index (κ2) is 14.6. The summed E-state index contributed by atoms with van der Waals surface area (Å²) in [5, 5.41) is 12.5. The van der Waals surface area contributed by atoms with E-state index in [0.717, 1.165) is 24.8 Å². The van der Waals surface area contributed by atoms with Crippen LogP contribution in [-0.4, -0.2) is 70.0 Å². The lowest BCUT2D eigenvalue weighted by Crippen LogP contribution is -2.39. The maximum atomic E-state index is 13.2. The number of amides is 1. The van der Waals surface area contributed by atoms with Gasteiger partial charge in [0, 0.05) is 26.1 Å². The summed E-state index contributed by atoms with van der Waals surface area (Å²) in [7, 11) is -2.34. The quantitative estimate of drug-likeness (QED) is 0.356. The van der Waals surface area contributed by atoms with Crippen LogP contribution < -0.4 is 10.1 Å². The van der Waals surface area contributed by atoms with E-state index in [4.69, 9.17) is 14.2 Å². The van der Waals surface area contributed by atoms with Crippen molar-refractivity contribution in [3.63, 3.8) is 0 Å². The Morgan fingerprint density at radius 1 is 1.07 bits per heavy atom. The fourth-order valence-corrected chi connectivity index (χ4v) is 6.77. The molecule has 0 bridgehead atoms. The minimum Gasteiger partial charge on any atom is -0.497 e. The predicted molar refractivity (Wildman–Crippen MR) is 151 cm³/mol. The van der Waals surface area contributed by atoms with Gasteiger partial charge >= 0.3 is 0 Å². The van der Waals surface area contributed by atoms with Gasteiger partial charge < -0.3 is 24.6 Å². The zero-order valence-electron chi connectivity index (χ0n) is 23.0. The highest BCUT2D eigenvalue weighted by Crippen LogP contribution is 2.38. The van der Waals surface area contributed by atoms with E-state index in [0.29, 0.717) is 24.6 Å². The molecule has 218 valence electrons. The first-order valence-electron chi connectivity index (χ1n) is 14.0. The number of hydrogen-bond acceptors (Lipinski definition) is 7. The molecule has 2 aromatic rings. The van der Waals surface area contributed by atoms with Crippen LogP contribution in [0.1, 0.15) is 37.7 Å². The average molecular weight is 573 g/mol. The number of aliphatic hydroxyl groups excluding tert-OH is 1. The van der Waals surface area contributed by atoms with Crippen LogP contribution in [-0.2, 0) is 30.7 Å². The van der Waals surface area contributed by atoms with Gasteiger partial charge in [-0.25, -0.2) is 8.42 Å². The number of allylic oxidation sites excluding steroid dienone is 1. The first-order valence-corrected chi connectivity index (χ1v) is 15.4. The highest BCUT2D eigenvalue weighted by molar-refractivity contribution is 7.89. The zero-order chi connectivity index (χ0) is 28.4. The maximum absolute atomic E-state index is 13.2. The van der Waals surface area contributed by atoms with Crippen LogP contribution in [0.4, 0.5) is 0 Å². The third-order valence-electron chi connectivity index (χ3n) is 7.55. The summed E-state index contributed by atoms with van der Waals surface area (Å²) < 4.78 is 44.7. The average Bonchev–Trinajstić information content (AvgIpc) is 3.52. The first-order chi connectivity index (χ1) is 19.4. The molecule has 2 aromatic carbocycles. The second-order valence-electron chi connectivity index (χ2n) is 10.2. The van der Waals surface area contributed by atoms with Crippen molar-refractivity contribution in [2.45, 2.75) is 49.7 Å². The Bertz CT molecular complexity index is 1210. The van der Waals surface area contributed by atoms with Crippen molar-refractivity contribution >= 4 is 15.9 Å². The van der Waals surface area contributed by atoms with Crippen LogP contribution in [0.2, 0.25) is 0 Å². The number of nitrogens with zero attached hydrogens (tertiary/aromatic N) is 1. The summed E-state index contributed by atoms with van der Waals surface area (Å²) in [6.07, 6.45) is 7.19. The van der Waals surface area contributed by atoms with Gasteiger partial charge in [-0.15, -0.1) is 0 Å². The third kappa shape index (κ3) is 8.06. The van der Waals surface area contributed by atoms with Crippen LogP contribution >= 0.6 is 0 Å². The highest BCUT2D eigenvalue weighted by atomic mass is 32.2. The van der Waals surface area contributed by atoms with Crippen LogP contribution in [0.25, 0.3) is 0 Å². The molecule has 2 atom stereocenters. The molecule has 1 heterocycles. The number of benzene rings is 2. The predicted octanol–water partition coefficient (Wildman–Crippen LogP) is 3.49. The molecule has 1 aliphatic carbocycles. The minimum atomic E-state index is -3.85. The molecule has 2 N–H and O–H groups in total. The number of carbonyl (C=O) groups is 1. The van der Waals surface area contributed by atoms with Crippen molar-refractivity contribution in [2.75, 3.05) is 40.0 Å². The lowest BCUT2D eigenvalue weighted by molar-refractivity contribution is -0.151. The molecule has 0 spiro atoms. The van der Waals surface area contributed by atoms with Gasteiger partial charge in [0.05, 0.1) is 25.2 Å². The minimum absolute atomic E-state index is 0.0329. The first kappa shape index (κ1) is 30.0. The molecule has 9 nitrogen and oxygen atoms in total. The standard InChI is InChI=1S/C30H40N2O7S/c1-37-26-11-13-27(14-12-26)40(35,36)32(17-19-33)18-20-38-29-22-25(24-9-5-6-10-24)21-28(39-29)30(34)31-16-15-23-7-3-2-4-8-23/h2-4,7-8,11-14,21,24-25,29,33H,5-6,9-10,15-20,22H2,1H3,(H,31,34)/t25-,29+/m0/s1. The van der Waals surface area contributed by atoms with Gasteiger partial charge in [-0.1, -0.05) is 43.2 Å². The number of hydrogen-bond donors (Lipinski definition) is 2. The molecular weight excluding hydrogens is 532 g/mol. The number of carbonyl (C=O) groups excluding carboxylic acids is 1. The van der Waals surface area contributed by atoms with Gasteiger partial charge in [0.1, 0.15) is 5.75 Å². The fraction of sp³-hybridized carbons (Fsp3) is 0.500. The van der Waals surface area contributed by atoms with E-state index < -0.39 is 16.3 Å². The number of methoxy groups -OCH3 is 1. The SMILES string of the molecule is COc1ccc(S(=O)(=O)N(CCO)CCO[C@H]2C[C@@H](C3CCCC3)C=C(C(=O)NCCc3ccccc3)O2)cc1. The smallest absolute Gasteiger partial charge is 0.286 e. The van der Waals surface area contributed by atoms with Crippen molar-refractivity contribution < 1.29 is 32.5 Å². The Morgan fingerprint density at radius 2 is 1.80 bits per heavy atom. The molecule has 0 radical (unpaired) electrons. The highest BCUT2D eigenvalue weighted by Gasteiger charge is 2.34. The lowest BCUT2D eigenvalue weighted by Gasteiger charge is -2.32. The molecule has 1 amide bonds. The number of aliphatic hydroxyl groups is 1. The summed E-state index contributed by atoms with van der Waals surface area (Å²) in [6, 6.07) is 16.1. The molecular formula is C30H40N2O7S. The van der Waals surface area contributed by atoms with Crippen molar-refractivity contribution in [2.24, 2.45) is 11.8 Å². The lowest BCUT2D eigenvalue weighted by atomic mass is 9.86. The van der Waals surface area contributed by atoms with Crippen molar-refractivity contribution in [3.8, 4) is 5.75 Å². The second-order valence-corrected chi connectivity index (χ2v) is 12.1. The van der Waals surface area contributed by atoms with Crippen molar-refractivity contribution in [1.29, 1.82) is 0 Å². The summed E-state index contributed by atoms with van der Waals surface area (Å²) >= 11 is 0. The summed E-state index contributed by atoms with van der Waals surface area (Å²) in [4.78, 5) is 13.1. The zero-order valence-corrected chi connectivity index (χ0v) is 23.9. The number of rotatable bonds is 14. The molecule has 4 rings (SSSR count). The Balaban J connectivity index is 1.36. The van der Waals surface area contributed by atoms with Crippen LogP contribution in [0, 0.1) is 11.8 Å². The molecule has 0 unspecified atom stereocenters. The van der Waals surface area contributed by atoms with Crippen LogP contribution in [0.15, 0.2) is 71.3 Å². The molecule has 2 aliphatic rings. The van der Waals surface area contributed by atoms with E-state index in [-0.39, 0.29) is 48.8 Å². The molecule has 40 heavy (non-hydrogen) atoms. The fourth-order valence-electron chi connectivity index (χ4n) is 5.36. The Labute approximate surface area is 237 Å². The van der Waals surface area contributed by atoms with E-state index in [1.165, 1.54) is 36.4 Å². The van der Waals surface area contributed by atoms with Crippen molar-refractivity contribution in [3.05, 3.63) is 72.0 Å². The van der Waals surface area contributed by atoms with E-state index >= 15 is 0 Å². The summed E-state index contributed by atoms with van der Waals surface area (Å²) in [5.41, 5.74) is 1.14. The van der Waals surface area contributed by atoms with Crippen LogP contribution in [0.3, 0.4) is 0 Å². The van der Waals surface area contributed by atoms with Gasteiger partial charge in [-0.3, -0.25) is 4.79 Å². The Hall–Kier alpha value is -2.92. The number of ether oxygens (including phenoxy) is 3. The van der Waals surface area contributed by atoms with Crippen molar-refractivity contribution in [1.82, 2.24) is 9.62 Å². The van der Waals surface area contributed by atoms with Gasteiger partial charge in [0.25, 0.3) is 5.91 Å².